The molecule has 2 atom stereocenters. The first-order chi connectivity index (χ1) is 4.70. The normalized spacial score (nSPS) is 33.7. The Kier molecular flexibility index (Phi) is 2.33. The predicted octanol–water partition coefficient (Wildman–Crippen LogP) is 0.847. The number of piperidine rings is 1. The van der Waals surface area contributed by atoms with Gasteiger partial charge in [-0.25, -0.2) is 0 Å². The van der Waals surface area contributed by atoms with Crippen molar-refractivity contribution in [2.24, 2.45) is 11.7 Å². The highest BCUT2D eigenvalue weighted by molar-refractivity contribution is 4.97. The van der Waals surface area contributed by atoms with E-state index in [1.54, 1.807) is 0 Å². The summed E-state index contributed by atoms with van der Waals surface area (Å²) in [5, 5.41) is 3.37. The molecule has 0 aromatic carbocycles. The monoisotopic (exact) mass is 140 g/mol. The van der Waals surface area contributed by atoms with Gasteiger partial charge in [0.05, 0.1) is 0 Å². The van der Waals surface area contributed by atoms with Crippen LogP contribution < -0.4 is 11.1 Å². The Morgan fingerprint density at radius 3 is 2.70 bits per heavy atom. The van der Waals surface area contributed by atoms with E-state index in [0.717, 1.165) is 12.2 Å². The second-order valence-electron chi connectivity index (χ2n) is 3.16. The van der Waals surface area contributed by atoms with E-state index < -0.39 is 0 Å². The predicted molar refractivity (Wildman–Crippen MR) is 43.5 cm³/mol. The molecule has 1 saturated heterocycles. The van der Waals surface area contributed by atoms with Gasteiger partial charge in [0.1, 0.15) is 0 Å². The van der Waals surface area contributed by atoms with Crippen LogP contribution in [0.3, 0.4) is 0 Å². The van der Waals surface area contributed by atoms with Crippen LogP contribution in [-0.2, 0) is 0 Å². The minimum Gasteiger partial charge on any atom is -0.402 e. The Bertz CT molecular complexity index is 123. The number of nitrogens with two attached hydrogens (primary N) is 1. The summed E-state index contributed by atoms with van der Waals surface area (Å²) in [6.45, 7) is 6.96. The average molecular weight is 140 g/mol. The molecule has 3 N–H and O–H groups in total. The van der Waals surface area contributed by atoms with E-state index in [9.17, 15) is 0 Å². The maximum Gasteiger partial charge on any atom is 0.0104 e. The molecule has 0 amide bonds. The minimum absolute atomic E-state index is 0.510. The maximum atomic E-state index is 5.58. The van der Waals surface area contributed by atoms with Crippen LogP contribution in [0.25, 0.3) is 0 Å². The van der Waals surface area contributed by atoms with E-state index in [4.69, 9.17) is 5.73 Å². The van der Waals surface area contributed by atoms with Crippen LogP contribution in [-0.4, -0.2) is 12.6 Å². The van der Waals surface area contributed by atoms with E-state index in [1.807, 2.05) is 0 Å². The first kappa shape index (κ1) is 7.61. The van der Waals surface area contributed by atoms with Gasteiger partial charge >= 0.3 is 0 Å². The van der Waals surface area contributed by atoms with Crippen molar-refractivity contribution >= 4 is 0 Å². The third kappa shape index (κ3) is 1.74. The Morgan fingerprint density at radius 1 is 1.60 bits per heavy atom. The highest BCUT2D eigenvalue weighted by Gasteiger charge is 2.17. The molecule has 0 aromatic heterocycles. The van der Waals surface area contributed by atoms with Crippen LogP contribution in [0.15, 0.2) is 12.3 Å². The van der Waals surface area contributed by atoms with Gasteiger partial charge in [-0.05, 0) is 19.8 Å². The molecule has 1 fully saturated rings. The molecule has 1 rings (SSSR count). The van der Waals surface area contributed by atoms with Gasteiger partial charge in [0.25, 0.3) is 0 Å². The highest BCUT2D eigenvalue weighted by Crippen LogP contribution is 2.16. The molecular formula is C8H16N2. The molecule has 0 spiro atoms. The van der Waals surface area contributed by atoms with Crippen LogP contribution in [0, 0.1) is 5.92 Å². The van der Waals surface area contributed by atoms with Gasteiger partial charge in [-0.3, -0.25) is 0 Å². The smallest absolute Gasteiger partial charge is 0.0104 e. The Hall–Kier alpha value is -0.500. The van der Waals surface area contributed by atoms with Crippen molar-refractivity contribution in [2.75, 3.05) is 6.54 Å². The lowest BCUT2D eigenvalue weighted by Gasteiger charge is -2.27. The molecular weight excluding hydrogens is 124 g/mol. The Balaban J connectivity index is 2.33. The van der Waals surface area contributed by atoms with E-state index in [-0.39, 0.29) is 0 Å². The Morgan fingerprint density at radius 2 is 2.30 bits per heavy atom. The molecule has 0 bridgehead atoms. The van der Waals surface area contributed by atoms with Gasteiger partial charge < -0.3 is 11.1 Å². The fourth-order valence-electron chi connectivity index (χ4n) is 1.32. The lowest BCUT2D eigenvalue weighted by atomic mass is 9.94. The van der Waals surface area contributed by atoms with Gasteiger partial charge in [-0.15, -0.1) is 0 Å². The van der Waals surface area contributed by atoms with Crippen LogP contribution in [0.5, 0.6) is 0 Å². The van der Waals surface area contributed by atoms with Crippen molar-refractivity contribution in [3.8, 4) is 0 Å². The summed E-state index contributed by atoms with van der Waals surface area (Å²) < 4.78 is 0. The highest BCUT2D eigenvalue weighted by atomic mass is 14.9. The molecule has 2 heteroatoms. The summed E-state index contributed by atoms with van der Waals surface area (Å²) in [6.07, 6.45) is 2.42. The molecule has 1 aliphatic heterocycles. The molecule has 0 radical (unpaired) electrons. The fraction of sp³-hybridized carbons (Fsp3) is 0.750. The van der Waals surface area contributed by atoms with Crippen LogP contribution in [0.1, 0.15) is 19.8 Å². The first-order valence-corrected chi connectivity index (χ1v) is 3.88. The number of hydrogen-bond acceptors (Lipinski definition) is 2. The van der Waals surface area contributed by atoms with Gasteiger partial charge in [0, 0.05) is 24.2 Å². The number of nitrogens with one attached hydrogen (secondary N) is 1. The van der Waals surface area contributed by atoms with Gasteiger partial charge in [-0.1, -0.05) is 6.58 Å². The molecule has 58 valence electrons. The lowest BCUT2D eigenvalue weighted by Crippen LogP contribution is -2.38. The quantitative estimate of drug-likeness (QED) is 0.566. The molecule has 0 aliphatic carbocycles. The fourth-order valence-corrected chi connectivity index (χ4v) is 1.32. The third-order valence-corrected chi connectivity index (χ3v) is 2.19. The summed E-state index contributed by atoms with van der Waals surface area (Å²) >= 11 is 0. The molecule has 1 aliphatic rings. The van der Waals surface area contributed by atoms with Gasteiger partial charge in [0.15, 0.2) is 0 Å². The number of rotatable bonds is 1. The van der Waals surface area contributed by atoms with Crippen molar-refractivity contribution in [1.29, 1.82) is 0 Å². The molecule has 0 aromatic rings. The Labute approximate surface area is 62.5 Å². The summed E-state index contributed by atoms with van der Waals surface area (Å²) in [6, 6.07) is 0.663. The average Bonchev–Trinajstić information content (AvgIpc) is 1.88. The third-order valence-electron chi connectivity index (χ3n) is 2.19. The van der Waals surface area contributed by atoms with Crippen molar-refractivity contribution in [2.45, 2.75) is 25.8 Å². The second kappa shape index (κ2) is 3.06. The standard InChI is InChI=1S/C8H16N2/c1-6-3-4-8(5-10-6)7(2)9/h6,8,10H,2-5,9H2,1H3. The summed E-state index contributed by atoms with van der Waals surface area (Å²) in [5.41, 5.74) is 6.41. The molecule has 2 unspecified atom stereocenters. The summed E-state index contributed by atoms with van der Waals surface area (Å²) in [4.78, 5) is 0. The summed E-state index contributed by atoms with van der Waals surface area (Å²) in [7, 11) is 0. The molecule has 10 heavy (non-hydrogen) atoms. The van der Waals surface area contributed by atoms with Crippen molar-refractivity contribution in [1.82, 2.24) is 5.32 Å². The van der Waals surface area contributed by atoms with Crippen LogP contribution >= 0.6 is 0 Å². The van der Waals surface area contributed by atoms with Gasteiger partial charge in [-0.2, -0.15) is 0 Å². The lowest BCUT2D eigenvalue weighted by molar-refractivity contribution is 0.355. The largest absolute Gasteiger partial charge is 0.402 e. The van der Waals surface area contributed by atoms with Crippen molar-refractivity contribution in [3.05, 3.63) is 12.3 Å². The van der Waals surface area contributed by atoms with Crippen molar-refractivity contribution in [3.63, 3.8) is 0 Å². The molecule has 2 nitrogen and oxygen atoms in total. The second-order valence-corrected chi connectivity index (χ2v) is 3.16. The van der Waals surface area contributed by atoms with E-state index in [0.29, 0.717) is 12.0 Å². The maximum absolute atomic E-state index is 5.58. The summed E-state index contributed by atoms with van der Waals surface area (Å²) in [5.74, 6) is 0.510. The van der Waals surface area contributed by atoms with Crippen LogP contribution in [0.4, 0.5) is 0 Å². The van der Waals surface area contributed by atoms with Gasteiger partial charge in [0.2, 0.25) is 0 Å². The number of hydrogen-bond donors (Lipinski definition) is 2. The zero-order valence-electron chi connectivity index (χ0n) is 6.56. The minimum atomic E-state index is 0.510. The first-order valence-electron chi connectivity index (χ1n) is 3.88. The molecule has 0 saturated carbocycles. The van der Waals surface area contributed by atoms with Crippen molar-refractivity contribution < 1.29 is 0 Å². The molecule has 1 heterocycles. The van der Waals surface area contributed by atoms with E-state index >= 15 is 0 Å². The SMILES string of the molecule is C=C(N)C1CCC(C)NC1. The van der Waals surface area contributed by atoms with Crippen LogP contribution in [0.2, 0.25) is 0 Å². The zero-order valence-corrected chi connectivity index (χ0v) is 6.56. The van der Waals surface area contributed by atoms with E-state index in [1.165, 1.54) is 12.8 Å². The topological polar surface area (TPSA) is 38.0 Å². The van der Waals surface area contributed by atoms with E-state index in [2.05, 4.69) is 18.8 Å². The zero-order chi connectivity index (χ0) is 7.56.